The highest BCUT2D eigenvalue weighted by Crippen LogP contribution is 2.89. The molecule has 2 spiro atoms. The van der Waals surface area contributed by atoms with E-state index < -0.39 is 29.9 Å². The van der Waals surface area contributed by atoms with Crippen LogP contribution in [0.3, 0.4) is 0 Å². The number of nitrogens with zero attached hydrogens (tertiary/aromatic N) is 1. The van der Waals surface area contributed by atoms with Gasteiger partial charge in [-0.05, 0) is 116 Å². The molecule has 0 radical (unpaired) electrons. The lowest BCUT2D eigenvalue weighted by Gasteiger charge is -2.64. The molecule has 8 nitrogen and oxygen atoms in total. The first-order chi connectivity index (χ1) is 24.0. The molecule has 1 aromatic rings. The Labute approximate surface area is 306 Å². The van der Waals surface area contributed by atoms with Gasteiger partial charge in [0.25, 0.3) is 0 Å². The molecule has 0 aromatic heterocycles. The van der Waals surface area contributed by atoms with E-state index in [1.165, 1.54) is 38.2 Å². The third-order valence-electron chi connectivity index (χ3n) is 16.8. The van der Waals surface area contributed by atoms with Gasteiger partial charge in [0.15, 0.2) is 12.4 Å². The molecule has 5 saturated carbocycles. The third kappa shape index (κ3) is 5.30. The molecule has 8 rings (SSSR count). The van der Waals surface area contributed by atoms with Crippen LogP contribution in [0.15, 0.2) is 30.3 Å². The molecule has 2 saturated heterocycles. The minimum absolute atomic E-state index is 0.0371. The predicted molar refractivity (Wildman–Crippen MR) is 194 cm³/mol. The number of aliphatic hydroxyl groups excluding tert-OH is 1. The van der Waals surface area contributed by atoms with Crippen LogP contribution in [0.1, 0.15) is 112 Å². The van der Waals surface area contributed by atoms with Crippen LogP contribution in [-0.2, 0) is 30.3 Å². The summed E-state index contributed by atoms with van der Waals surface area (Å²) in [6.45, 7) is 20.3. The summed E-state index contributed by atoms with van der Waals surface area (Å²) in [5.41, 5.74) is 0.341. The van der Waals surface area contributed by atoms with Crippen LogP contribution in [-0.4, -0.2) is 83.2 Å². The zero-order chi connectivity index (χ0) is 36.4. The van der Waals surface area contributed by atoms with Crippen LogP contribution in [0, 0.1) is 50.7 Å². The Morgan fingerprint density at radius 3 is 2.45 bits per heavy atom. The van der Waals surface area contributed by atoms with E-state index in [1.807, 2.05) is 0 Å². The number of esters is 1. The molecule has 284 valence electrons. The van der Waals surface area contributed by atoms with Crippen LogP contribution in [0.2, 0.25) is 0 Å². The molecule has 1 aromatic carbocycles. The fourth-order valence-electron chi connectivity index (χ4n) is 14.5. The number of morpholine rings is 1. The van der Waals surface area contributed by atoms with E-state index in [9.17, 15) is 15.0 Å². The number of benzene rings is 1. The number of fused-ring (bicyclic) bond motifs is 4. The van der Waals surface area contributed by atoms with Crippen molar-refractivity contribution in [1.29, 1.82) is 0 Å². The maximum absolute atomic E-state index is 12.6. The fraction of sp³-hybridized carbons (Fsp3) is 0.837. The van der Waals surface area contributed by atoms with E-state index in [-0.39, 0.29) is 52.0 Å². The maximum atomic E-state index is 12.6. The Balaban J connectivity index is 1.00. The van der Waals surface area contributed by atoms with Gasteiger partial charge >= 0.3 is 5.97 Å². The van der Waals surface area contributed by atoms with Crippen LogP contribution in [0.25, 0.3) is 0 Å². The van der Waals surface area contributed by atoms with Crippen LogP contribution in [0.5, 0.6) is 0 Å². The second-order valence-electron chi connectivity index (χ2n) is 19.9. The molecule has 14 atom stereocenters. The van der Waals surface area contributed by atoms with Gasteiger partial charge in [0.1, 0.15) is 0 Å². The molecule has 2 heterocycles. The number of carbonyl (C=O) groups excluding carboxylic acids is 1. The lowest BCUT2D eigenvalue weighted by Crippen LogP contribution is -2.60. The van der Waals surface area contributed by atoms with Crippen molar-refractivity contribution in [3.8, 4) is 0 Å². The Hall–Kier alpha value is -1.55. The number of ether oxygens (including phenoxy) is 4. The molecule has 2 aliphatic heterocycles. The highest BCUT2D eigenvalue weighted by molar-refractivity contribution is 5.66. The van der Waals surface area contributed by atoms with E-state index in [2.05, 4.69) is 69.9 Å². The standard InChI is InChI=1S/C43H65NO7/c1-26-22-29(37(39(5,6)47)49-27(2)45)50-35-34(26)40(7)18-19-43-25-42(43)17-16-32(38(3,4)30(42)14-15-31(43)41(40,8)36(35)46)51-33-24-44(20-21-48-33)23-28-12-10-9-11-13-28/h9-13,26,29-37,46-47H,14-25H2,1-8H3/t26-,29?,30+,31?,32+,33?,34+,35?,36+,37+,40?,41-,42?,43?/m1/s1. The summed E-state index contributed by atoms with van der Waals surface area (Å²) in [7, 11) is 0. The Kier molecular flexibility index (Phi) is 8.73. The Bertz CT molecular complexity index is 1480. The molecule has 5 aliphatic carbocycles. The van der Waals surface area contributed by atoms with Gasteiger partial charge in [-0.15, -0.1) is 0 Å². The summed E-state index contributed by atoms with van der Waals surface area (Å²) >= 11 is 0. The van der Waals surface area contributed by atoms with Crippen molar-refractivity contribution >= 4 is 5.97 Å². The molecule has 7 unspecified atom stereocenters. The lowest BCUT2D eigenvalue weighted by atomic mass is 9.41. The summed E-state index contributed by atoms with van der Waals surface area (Å²) in [6, 6.07) is 10.7. The summed E-state index contributed by atoms with van der Waals surface area (Å²) < 4.78 is 25.8. The first-order valence-electron chi connectivity index (χ1n) is 20.2. The van der Waals surface area contributed by atoms with E-state index in [0.717, 1.165) is 38.9 Å². The monoisotopic (exact) mass is 707 g/mol. The molecule has 0 bridgehead atoms. The average molecular weight is 708 g/mol. The first kappa shape index (κ1) is 36.4. The fourth-order valence-corrected chi connectivity index (χ4v) is 14.5. The Morgan fingerprint density at radius 2 is 1.75 bits per heavy atom. The molecule has 7 aliphatic rings. The SMILES string of the molecule is CC(=O)O[C@@H](C1C[C@@H](C)[C@H]2C(O1)[C@H](O)[C@@]1(C)C3CC[C@H]4C(C)(C)[C@@H](OC5CN(Cc6ccccc6)CCO5)CCC45CC35CCC21C)C(C)(C)O. The van der Waals surface area contributed by atoms with Crippen molar-refractivity contribution in [2.45, 2.75) is 156 Å². The summed E-state index contributed by atoms with van der Waals surface area (Å²) in [4.78, 5) is 14.6. The quantitative estimate of drug-likeness (QED) is 0.301. The molecule has 2 N–H and O–H groups in total. The van der Waals surface area contributed by atoms with Crippen molar-refractivity contribution in [2.24, 2.45) is 50.7 Å². The van der Waals surface area contributed by atoms with Gasteiger partial charge in [-0.2, -0.15) is 0 Å². The largest absolute Gasteiger partial charge is 0.457 e. The van der Waals surface area contributed by atoms with E-state index in [1.54, 1.807) is 13.8 Å². The minimum atomic E-state index is -1.25. The number of rotatable bonds is 7. The van der Waals surface area contributed by atoms with Gasteiger partial charge in [0.05, 0.1) is 36.6 Å². The molecular weight excluding hydrogens is 642 g/mol. The summed E-state index contributed by atoms with van der Waals surface area (Å²) in [5.74, 6) is 1.10. The highest BCUT2D eigenvalue weighted by atomic mass is 16.7. The molecule has 8 heteroatoms. The van der Waals surface area contributed by atoms with Crippen molar-refractivity contribution in [3.05, 3.63) is 35.9 Å². The number of aliphatic hydroxyl groups is 2. The van der Waals surface area contributed by atoms with Gasteiger partial charge in [-0.25, -0.2) is 0 Å². The van der Waals surface area contributed by atoms with E-state index >= 15 is 0 Å². The van der Waals surface area contributed by atoms with Gasteiger partial charge < -0.3 is 29.2 Å². The molecule has 51 heavy (non-hydrogen) atoms. The minimum Gasteiger partial charge on any atom is -0.457 e. The third-order valence-corrected chi connectivity index (χ3v) is 16.8. The zero-order valence-corrected chi connectivity index (χ0v) is 32.5. The van der Waals surface area contributed by atoms with Gasteiger partial charge in [0.2, 0.25) is 0 Å². The number of hydrogen-bond donors (Lipinski definition) is 2. The van der Waals surface area contributed by atoms with Crippen molar-refractivity contribution in [2.75, 3.05) is 19.7 Å². The highest BCUT2D eigenvalue weighted by Gasteiger charge is 2.84. The maximum Gasteiger partial charge on any atom is 0.303 e. The number of carbonyl (C=O) groups is 1. The Morgan fingerprint density at radius 1 is 1.04 bits per heavy atom. The molecule has 7 fully saturated rings. The lowest BCUT2D eigenvalue weighted by molar-refractivity contribution is -0.249. The summed E-state index contributed by atoms with van der Waals surface area (Å²) in [5, 5.41) is 23.7. The first-order valence-corrected chi connectivity index (χ1v) is 20.2. The average Bonchev–Trinajstić information content (AvgIpc) is 3.70. The van der Waals surface area contributed by atoms with Gasteiger partial charge in [0, 0.05) is 32.0 Å². The topological polar surface area (TPSA) is 97.7 Å². The predicted octanol–water partition coefficient (Wildman–Crippen LogP) is 6.75. The zero-order valence-electron chi connectivity index (χ0n) is 32.5. The van der Waals surface area contributed by atoms with Crippen molar-refractivity contribution in [1.82, 2.24) is 4.90 Å². The van der Waals surface area contributed by atoms with Crippen LogP contribution < -0.4 is 0 Å². The second-order valence-corrected chi connectivity index (χ2v) is 19.9. The number of hydrogen-bond acceptors (Lipinski definition) is 8. The molecule has 0 amide bonds. The van der Waals surface area contributed by atoms with E-state index in [4.69, 9.17) is 18.9 Å². The smallest absolute Gasteiger partial charge is 0.303 e. The molecular formula is C43H65NO7. The van der Waals surface area contributed by atoms with Gasteiger partial charge in [-0.3, -0.25) is 9.69 Å². The van der Waals surface area contributed by atoms with E-state index in [0.29, 0.717) is 30.3 Å². The summed E-state index contributed by atoms with van der Waals surface area (Å²) in [6.07, 6.45) is 6.66. The second kappa shape index (κ2) is 12.2. The van der Waals surface area contributed by atoms with Crippen LogP contribution >= 0.6 is 0 Å². The van der Waals surface area contributed by atoms with Gasteiger partial charge in [-0.1, -0.05) is 65.0 Å². The van der Waals surface area contributed by atoms with Crippen LogP contribution in [0.4, 0.5) is 0 Å². The normalized spacial score (nSPS) is 47.9. The van der Waals surface area contributed by atoms with Crippen molar-refractivity contribution in [3.63, 3.8) is 0 Å². The van der Waals surface area contributed by atoms with Crippen molar-refractivity contribution < 1.29 is 34.0 Å².